The molecule has 4 heteroatoms. The maximum Gasteiger partial charge on any atom is 0.335 e. The molecule has 0 saturated heterocycles. The highest BCUT2D eigenvalue weighted by molar-refractivity contribution is 5.75. The molecular formula is C20H24O4. The minimum absolute atomic E-state index is 0.204. The Bertz CT molecular complexity index is 607. The number of carbonyl (C=O) groups excluding carboxylic acids is 1. The van der Waals surface area contributed by atoms with Gasteiger partial charge in [-0.15, -0.1) is 0 Å². The van der Waals surface area contributed by atoms with Gasteiger partial charge in [-0.05, 0) is 43.0 Å². The quantitative estimate of drug-likeness (QED) is 0.565. The number of hydrogen-bond acceptors (Lipinski definition) is 4. The summed E-state index contributed by atoms with van der Waals surface area (Å²) in [6.07, 6.45) is 1.57. The highest BCUT2D eigenvalue weighted by atomic mass is 16.6. The zero-order valence-electron chi connectivity index (χ0n) is 14.0. The number of ether oxygens (including phenoxy) is 2. The zero-order chi connectivity index (χ0) is 17.2. The van der Waals surface area contributed by atoms with E-state index in [9.17, 15) is 9.90 Å². The fraction of sp³-hybridized carbons (Fsp3) is 0.350. The van der Waals surface area contributed by atoms with Gasteiger partial charge in [-0.25, -0.2) is 4.79 Å². The molecule has 0 aromatic heterocycles. The molecule has 0 saturated carbocycles. The number of benzene rings is 2. The number of carbonyl (C=O) groups is 1. The second-order valence-electron chi connectivity index (χ2n) is 5.57. The largest absolute Gasteiger partial charge is 0.508 e. The Kier molecular flexibility index (Phi) is 7.30. The Morgan fingerprint density at radius 2 is 1.75 bits per heavy atom. The molecule has 1 atom stereocenters. The van der Waals surface area contributed by atoms with Gasteiger partial charge in [0.15, 0.2) is 6.10 Å². The minimum Gasteiger partial charge on any atom is -0.508 e. The molecule has 2 rings (SSSR count). The Labute approximate surface area is 143 Å². The predicted octanol–water partition coefficient (Wildman–Crippen LogP) is 3.52. The van der Waals surface area contributed by atoms with Crippen LogP contribution in [0.25, 0.3) is 0 Å². The summed E-state index contributed by atoms with van der Waals surface area (Å²) in [6.45, 7) is 2.61. The van der Waals surface area contributed by atoms with E-state index in [2.05, 4.69) is 12.1 Å². The molecule has 0 heterocycles. The standard InChI is InChI=1S/C20H24O4/c1-2-23-20(22)19(15-17-10-12-18(21)13-11-17)24-14-6-9-16-7-4-3-5-8-16/h3-5,7-8,10-13,19,21H,2,6,9,14-15H2,1H3. The van der Waals surface area contributed by atoms with Crippen molar-refractivity contribution in [2.24, 2.45) is 0 Å². The molecule has 0 spiro atoms. The first-order valence-corrected chi connectivity index (χ1v) is 8.29. The number of phenols is 1. The molecule has 0 fully saturated rings. The van der Waals surface area contributed by atoms with Gasteiger partial charge in [0.25, 0.3) is 0 Å². The van der Waals surface area contributed by atoms with Crippen LogP contribution in [0, 0.1) is 0 Å². The van der Waals surface area contributed by atoms with E-state index in [1.54, 1.807) is 31.2 Å². The van der Waals surface area contributed by atoms with Gasteiger partial charge < -0.3 is 14.6 Å². The first-order chi connectivity index (χ1) is 11.7. The Hall–Kier alpha value is -2.33. The van der Waals surface area contributed by atoms with Crippen molar-refractivity contribution in [2.45, 2.75) is 32.3 Å². The van der Waals surface area contributed by atoms with Gasteiger partial charge in [-0.2, -0.15) is 0 Å². The lowest BCUT2D eigenvalue weighted by Crippen LogP contribution is -2.29. The Balaban J connectivity index is 1.86. The Morgan fingerprint density at radius 1 is 1.04 bits per heavy atom. The third-order valence-electron chi connectivity index (χ3n) is 3.68. The van der Waals surface area contributed by atoms with Crippen LogP contribution in [0.3, 0.4) is 0 Å². The van der Waals surface area contributed by atoms with Crippen molar-refractivity contribution in [1.29, 1.82) is 0 Å². The summed E-state index contributed by atoms with van der Waals surface area (Å²) in [5.74, 6) is -0.138. The van der Waals surface area contributed by atoms with Crippen LogP contribution in [-0.4, -0.2) is 30.4 Å². The van der Waals surface area contributed by atoms with E-state index in [-0.39, 0.29) is 11.7 Å². The van der Waals surface area contributed by atoms with Crippen molar-refractivity contribution in [1.82, 2.24) is 0 Å². The van der Waals surface area contributed by atoms with Crippen LogP contribution < -0.4 is 0 Å². The summed E-state index contributed by atoms with van der Waals surface area (Å²) in [4.78, 5) is 12.1. The SMILES string of the molecule is CCOC(=O)C(Cc1ccc(O)cc1)OCCCc1ccccc1. The number of aromatic hydroxyl groups is 1. The van der Waals surface area contributed by atoms with Gasteiger partial charge >= 0.3 is 5.97 Å². The molecule has 0 bridgehead atoms. The van der Waals surface area contributed by atoms with E-state index in [0.29, 0.717) is 19.6 Å². The number of phenolic OH excluding ortho intramolecular Hbond substituents is 1. The normalized spacial score (nSPS) is 11.9. The van der Waals surface area contributed by atoms with Crippen molar-refractivity contribution < 1.29 is 19.4 Å². The van der Waals surface area contributed by atoms with Gasteiger partial charge in [0.05, 0.1) is 6.61 Å². The van der Waals surface area contributed by atoms with E-state index < -0.39 is 6.10 Å². The summed E-state index contributed by atoms with van der Waals surface area (Å²) < 4.78 is 10.9. The molecule has 2 aromatic rings. The molecule has 0 aliphatic carbocycles. The van der Waals surface area contributed by atoms with Gasteiger partial charge in [-0.1, -0.05) is 42.5 Å². The topological polar surface area (TPSA) is 55.8 Å². The van der Waals surface area contributed by atoms with Crippen molar-refractivity contribution in [3.8, 4) is 5.75 Å². The van der Waals surface area contributed by atoms with Crippen LogP contribution in [0.4, 0.5) is 0 Å². The van der Waals surface area contributed by atoms with Gasteiger partial charge in [-0.3, -0.25) is 0 Å². The minimum atomic E-state index is -0.620. The van der Waals surface area contributed by atoms with Crippen LogP contribution in [0.1, 0.15) is 24.5 Å². The van der Waals surface area contributed by atoms with E-state index in [0.717, 1.165) is 18.4 Å². The third-order valence-corrected chi connectivity index (χ3v) is 3.68. The van der Waals surface area contributed by atoms with Gasteiger partial charge in [0.1, 0.15) is 5.75 Å². The van der Waals surface area contributed by atoms with E-state index in [1.165, 1.54) is 5.56 Å². The van der Waals surface area contributed by atoms with Crippen LogP contribution in [0.5, 0.6) is 5.75 Å². The van der Waals surface area contributed by atoms with Crippen LogP contribution in [-0.2, 0) is 27.1 Å². The molecule has 0 amide bonds. The molecule has 2 aromatic carbocycles. The third kappa shape index (κ3) is 6.05. The molecule has 0 radical (unpaired) electrons. The number of aryl methyl sites for hydroxylation is 1. The zero-order valence-corrected chi connectivity index (χ0v) is 14.0. The fourth-order valence-electron chi connectivity index (χ4n) is 2.44. The highest BCUT2D eigenvalue weighted by Gasteiger charge is 2.21. The monoisotopic (exact) mass is 328 g/mol. The van der Waals surface area contributed by atoms with Crippen LogP contribution in [0.15, 0.2) is 54.6 Å². The van der Waals surface area contributed by atoms with Crippen molar-refractivity contribution in [3.63, 3.8) is 0 Å². The lowest BCUT2D eigenvalue weighted by Gasteiger charge is -2.16. The van der Waals surface area contributed by atoms with Crippen molar-refractivity contribution >= 4 is 5.97 Å². The second kappa shape index (κ2) is 9.73. The summed E-state index contributed by atoms with van der Waals surface area (Å²) in [5, 5.41) is 9.34. The van der Waals surface area contributed by atoms with Crippen LogP contribution >= 0.6 is 0 Å². The van der Waals surface area contributed by atoms with E-state index in [1.807, 2.05) is 18.2 Å². The summed E-state index contributed by atoms with van der Waals surface area (Å²) in [6, 6.07) is 17.0. The van der Waals surface area contributed by atoms with E-state index in [4.69, 9.17) is 9.47 Å². The van der Waals surface area contributed by atoms with Gasteiger partial charge in [0, 0.05) is 13.0 Å². The smallest absolute Gasteiger partial charge is 0.335 e. The summed E-state index contributed by atoms with van der Waals surface area (Å²) in [7, 11) is 0. The average Bonchev–Trinajstić information content (AvgIpc) is 2.60. The number of esters is 1. The lowest BCUT2D eigenvalue weighted by molar-refractivity contribution is -0.156. The molecule has 0 aliphatic rings. The predicted molar refractivity (Wildman–Crippen MR) is 92.9 cm³/mol. The first-order valence-electron chi connectivity index (χ1n) is 8.29. The fourth-order valence-corrected chi connectivity index (χ4v) is 2.44. The van der Waals surface area contributed by atoms with E-state index >= 15 is 0 Å². The van der Waals surface area contributed by atoms with Crippen molar-refractivity contribution in [2.75, 3.05) is 13.2 Å². The number of hydrogen-bond donors (Lipinski definition) is 1. The van der Waals surface area contributed by atoms with Crippen LogP contribution in [0.2, 0.25) is 0 Å². The van der Waals surface area contributed by atoms with Crippen molar-refractivity contribution in [3.05, 3.63) is 65.7 Å². The second-order valence-corrected chi connectivity index (χ2v) is 5.57. The number of rotatable bonds is 9. The summed E-state index contributed by atoms with van der Waals surface area (Å²) >= 11 is 0. The molecule has 4 nitrogen and oxygen atoms in total. The molecule has 1 unspecified atom stereocenters. The molecular weight excluding hydrogens is 304 g/mol. The summed E-state index contributed by atoms with van der Waals surface area (Å²) in [5.41, 5.74) is 2.18. The first kappa shape index (κ1) is 18.0. The van der Waals surface area contributed by atoms with Gasteiger partial charge in [0.2, 0.25) is 0 Å². The Morgan fingerprint density at radius 3 is 2.42 bits per heavy atom. The molecule has 24 heavy (non-hydrogen) atoms. The highest BCUT2D eigenvalue weighted by Crippen LogP contribution is 2.14. The maximum absolute atomic E-state index is 12.1. The average molecular weight is 328 g/mol. The molecule has 0 aliphatic heterocycles. The lowest BCUT2D eigenvalue weighted by atomic mass is 10.1. The molecule has 1 N–H and O–H groups in total. The molecule has 128 valence electrons. The maximum atomic E-state index is 12.1.